The molecule has 0 aromatic heterocycles. The minimum atomic E-state index is -1.69. The van der Waals surface area contributed by atoms with Gasteiger partial charge >= 0.3 is 0 Å². The second kappa shape index (κ2) is 8.29. The van der Waals surface area contributed by atoms with Gasteiger partial charge in [-0.25, -0.2) is 0 Å². The van der Waals surface area contributed by atoms with Crippen molar-refractivity contribution in [2.75, 3.05) is 20.3 Å². The molecule has 7 N–H and O–H groups in total. The Labute approximate surface area is 137 Å². The summed E-state index contributed by atoms with van der Waals surface area (Å²) < 4.78 is 20.6. The van der Waals surface area contributed by atoms with Crippen LogP contribution >= 0.6 is 0 Å². The Kier molecular flexibility index (Phi) is 6.87. The summed E-state index contributed by atoms with van der Waals surface area (Å²) in [5.41, 5.74) is 0. The Hall–Kier alpha value is -0.440. The van der Waals surface area contributed by atoms with Gasteiger partial charge in [0, 0.05) is 7.11 Å². The number of hydrogen-bond donors (Lipinski definition) is 7. The van der Waals surface area contributed by atoms with Gasteiger partial charge < -0.3 is 54.7 Å². The van der Waals surface area contributed by atoms with Crippen molar-refractivity contribution in [3.05, 3.63) is 0 Å². The number of hydrogen-bond acceptors (Lipinski definition) is 11. The molecule has 0 saturated carbocycles. The number of methoxy groups -OCH3 is 1. The van der Waals surface area contributed by atoms with E-state index < -0.39 is 74.6 Å². The molecule has 2 rings (SSSR count). The van der Waals surface area contributed by atoms with Crippen molar-refractivity contribution in [1.29, 1.82) is 0 Å². The Morgan fingerprint density at radius 2 is 1.25 bits per heavy atom. The largest absolute Gasteiger partial charge is 0.394 e. The molecule has 10 atom stereocenters. The summed E-state index contributed by atoms with van der Waals surface area (Å²) in [6.45, 7) is -1.24. The quantitative estimate of drug-likeness (QED) is 0.251. The maximum Gasteiger partial charge on any atom is 0.187 e. The summed E-state index contributed by atoms with van der Waals surface area (Å²) in [7, 11) is 1.24. The summed E-state index contributed by atoms with van der Waals surface area (Å²) >= 11 is 0. The van der Waals surface area contributed by atoms with E-state index in [-0.39, 0.29) is 0 Å². The predicted molar refractivity (Wildman–Crippen MR) is 73.4 cm³/mol. The van der Waals surface area contributed by atoms with Crippen LogP contribution in [0.2, 0.25) is 0 Å². The molecule has 2 fully saturated rings. The third-order valence-electron chi connectivity index (χ3n) is 4.19. The van der Waals surface area contributed by atoms with Gasteiger partial charge in [0.25, 0.3) is 0 Å². The molecule has 0 unspecified atom stereocenters. The Bertz CT molecular complexity index is 392. The van der Waals surface area contributed by atoms with Crippen LogP contribution < -0.4 is 0 Å². The summed E-state index contributed by atoms with van der Waals surface area (Å²) in [6, 6.07) is 0. The summed E-state index contributed by atoms with van der Waals surface area (Å²) in [6.07, 6.45) is -14.3. The number of rotatable bonds is 5. The van der Waals surface area contributed by atoms with Crippen LogP contribution in [0.1, 0.15) is 0 Å². The molecular formula is C13H24O11. The summed E-state index contributed by atoms with van der Waals surface area (Å²) in [5, 5.41) is 68.0. The third-order valence-corrected chi connectivity index (χ3v) is 4.19. The highest BCUT2D eigenvalue weighted by molar-refractivity contribution is 4.93. The van der Waals surface area contributed by atoms with Crippen molar-refractivity contribution < 1.29 is 54.7 Å². The molecule has 2 aliphatic heterocycles. The van der Waals surface area contributed by atoms with E-state index in [0.29, 0.717) is 0 Å². The fraction of sp³-hybridized carbons (Fsp3) is 1.00. The smallest absolute Gasteiger partial charge is 0.187 e. The first-order valence-electron chi connectivity index (χ1n) is 7.46. The number of aliphatic hydroxyl groups is 7. The molecule has 0 amide bonds. The highest BCUT2D eigenvalue weighted by Crippen LogP contribution is 2.29. The standard InChI is InChI=1S/C13H24O11/c1-21-12-10(20)8(18)11(5(3-15)23-12)24-13-9(19)7(17)6(16)4(2-14)22-13/h4-20H,2-3H2,1H3/t4-,5-,6+,7+,8-,9-,10-,11+,12-,13+/m1/s1. The van der Waals surface area contributed by atoms with Crippen LogP contribution in [-0.4, -0.2) is 117 Å². The Morgan fingerprint density at radius 1 is 0.708 bits per heavy atom. The van der Waals surface area contributed by atoms with E-state index >= 15 is 0 Å². The molecule has 0 radical (unpaired) electrons. The first-order chi connectivity index (χ1) is 11.3. The fourth-order valence-electron chi connectivity index (χ4n) is 2.75. The minimum Gasteiger partial charge on any atom is -0.394 e. The zero-order valence-corrected chi connectivity index (χ0v) is 13.0. The average Bonchev–Trinajstić information content (AvgIpc) is 2.59. The molecule has 0 aromatic rings. The zero-order valence-electron chi connectivity index (χ0n) is 13.0. The molecular weight excluding hydrogens is 332 g/mol. The van der Waals surface area contributed by atoms with E-state index in [1.54, 1.807) is 0 Å². The van der Waals surface area contributed by atoms with Crippen molar-refractivity contribution in [2.45, 2.75) is 61.4 Å². The first-order valence-corrected chi connectivity index (χ1v) is 7.46. The van der Waals surface area contributed by atoms with Gasteiger partial charge in [-0.15, -0.1) is 0 Å². The summed E-state index contributed by atoms with van der Waals surface area (Å²) in [4.78, 5) is 0. The van der Waals surface area contributed by atoms with Gasteiger partial charge in [0.1, 0.15) is 48.8 Å². The van der Waals surface area contributed by atoms with E-state index in [0.717, 1.165) is 0 Å². The van der Waals surface area contributed by atoms with Crippen LogP contribution in [0.4, 0.5) is 0 Å². The molecule has 0 aliphatic carbocycles. The predicted octanol–water partition coefficient (Wildman–Crippen LogP) is -4.74. The molecule has 0 aromatic carbocycles. The van der Waals surface area contributed by atoms with Crippen LogP contribution in [0.3, 0.4) is 0 Å². The highest BCUT2D eigenvalue weighted by Gasteiger charge is 2.50. The number of aliphatic hydroxyl groups excluding tert-OH is 7. The highest BCUT2D eigenvalue weighted by atomic mass is 16.7. The fourth-order valence-corrected chi connectivity index (χ4v) is 2.75. The normalized spacial score (nSPS) is 50.0. The van der Waals surface area contributed by atoms with Gasteiger partial charge in [-0.05, 0) is 0 Å². The van der Waals surface area contributed by atoms with Gasteiger partial charge in [0.05, 0.1) is 13.2 Å². The van der Waals surface area contributed by atoms with Crippen molar-refractivity contribution in [3.8, 4) is 0 Å². The monoisotopic (exact) mass is 356 g/mol. The van der Waals surface area contributed by atoms with E-state index in [4.69, 9.17) is 24.1 Å². The molecule has 11 heteroatoms. The molecule has 0 bridgehead atoms. The third kappa shape index (κ3) is 3.71. The Balaban J connectivity index is 2.12. The molecule has 11 nitrogen and oxygen atoms in total. The summed E-state index contributed by atoms with van der Waals surface area (Å²) in [5.74, 6) is 0. The van der Waals surface area contributed by atoms with E-state index in [1.165, 1.54) is 7.11 Å². The lowest BCUT2D eigenvalue weighted by Crippen LogP contribution is -2.64. The van der Waals surface area contributed by atoms with Crippen molar-refractivity contribution in [1.82, 2.24) is 0 Å². The maximum absolute atomic E-state index is 10.2. The number of ether oxygens (including phenoxy) is 4. The van der Waals surface area contributed by atoms with Gasteiger partial charge in [0.2, 0.25) is 0 Å². The maximum atomic E-state index is 10.2. The van der Waals surface area contributed by atoms with E-state index in [2.05, 4.69) is 0 Å². The van der Waals surface area contributed by atoms with Gasteiger partial charge in [-0.2, -0.15) is 0 Å². The van der Waals surface area contributed by atoms with Crippen LogP contribution in [0.25, 0.3) is 0 Å². The molecule has 2 aliphatic rings. The zero-order chi connectivity index (χ0) is 18.0. The lowest BCUT2D eigenvalue weighted by atomic mass is 9.97. The molecule has 142 valence electrons. The van der Waals surface area contributed by atoms with Crippen LogP contribution in [0.15, 0.2) is 0 Å². The average molecular weight is 356 g/mol. The molecule has 2 saturated heterocycles. The second-order valence-electron chi connectivity index (χ2n) is 5.74. The molecule has 0 spiro atoms. The lowest BCUT2D eigenvalue weighted by molar-refractivity contribution is -0.357. The first kappa shape index (κ1) is 19.9. The molecule has 24 heavy (non-hydrogen) atoms. The van der Waals surface area contributed by atoms with Crippen molar-refractivity contribution in [3.63, 3.8) is 0 Å². The van der Waals surface area contributed by atoms with Crippen molar-refractivity contribution >= 4 is 0 Å². The van der Waals surface area contributed by atoms with Gasteiger partial charge in [-0.3, -0.25) is 0 Å². The SMILES string of the molecule is CO[C@@H]1O[C@H](CO)[C@H](O[C@@H]2O[C@H](CO)[C@H](O)[C@H](O)[C@H]2O)[C@H](O)[C@H]1O. The van der Waals surface area contributed by atoms with Gasteiger partial charge in [-0.1, -0.05) is 0 Å². The van der Waals surface area contributed by atoms with Crippen LogP contribution in [-0.2, 0) is 18.9 Å². The molecule has 2 heterocycles. The topological polar surface area (TPSA) is 179 Å². The second-order valence-corrected chi connectivity index (χ2v) is 5.74. The van der Waals surface area contributed by atoms with Crippen LogP contribution in [0, 0.1) is 0 Å². The van der Waals surface area contributed by atoms with Crippen LogP contribution in [0.5, 0.6) is 0 Å². The van der Waals surface area contributed by atoms with Crippen molar-refractivity contribution in [2.24, 2.45) is 0 Å². The minimum absolute atomic E-state index is 0.592. The van der Waals surface area contributed by atoms with E-state index in [1.807, 2.05) is 0 Å². The lowest BCUT2D eigenvalue weighted by Gasteiger charge is -2.45. The van der Waals surface area contributed by atoms with Gasteiger partial charge in [0.15, 0.2) is 12.6 Å². The Morgan fingerprint density at radius 3 is 1.79 bits per heavy atom. The van der Waals surface area contributed by atoms with E-state index in [9.17, 15) is 30.6 Å².